The van der Waals surface area contributed by atoms with Crippen LogP contribution in [0.2, 0.25) is 0 Å². The number of methoxy groups -OCH3 is 1. The SMILES string of the molecule is COc1ccc(C(=O)C(C)Oc2cccc(NC(=O)c3ccc(NO)cc3)c2)cc1. The number of ketones is 1. The van der Waals surface area contributed by atoms with E-state index in [2.05, 4.69) is 5.32 Å². The first-order chi connectivity index (χ1) is 14.5. The normalized spacial score (nSPS) is 11.3. The summed E-state index contributed by atoms with van der Waals surface area (Å²) in [6.07, 6.45) is -0.706. The summed E-state index contributed by atoms with van der Waals surface area (Å²) in [7, 11) is 1.57. The Bertz CT molecular complexity index is 1020. The molecule has 1 unspecified atom stereocenters. The van der Waals surface area contributed by atoms with Crippen LogP contribution in [0.1, 0.15) is 27.6 Å². The molecule has 3 N–H and O–H groups in total. The summed E-state index contributed by atoms with van der Waals surface area (Å²) in [5.41, 5.74) is 3.99. The zero-order chi connectivity index (χ0) is 21.5. The van der Waals surface area contributed by atoms with Crippen LogP contribution in [0.4, 0.5) is 11.4 Å². The Hall–Kier alpha value is -3.84. The van der Waals surface area contributed by atoms with Gasteiger partial charge in [0.1, 0.15) is 11.5 Å². The third-order valence-corrected chi connectivity index (χ3v) is 4.42. The molecule has 0 saturated heterocycles. The molecule has 0 aliphatic carbocycles. The molecule has 0 spiro atoms. The van der Waals surface area contributed by atoms with Crippen molar-refractivity contribution in [2.24, 2.45) is 0 Å². The molecule has 3 aromatic carbocycles. The van der Waals surface area contributed by atoms with Gasteiger partial charge < -0.3 is 14.8 Å². The van der Waals surface area contributed by atoms with E-state index in [9.17, 15) is 9.59 Å². The smallest absolute Gasteiger partial charge is 0.255 e. The van der Waals surface area contributed by atoms with E-state index in [4.69, 9.17) is 14.7 Å². The van der Waals surface area contributed by atoms with Crippen LogP contribution in [-0.4, -0.2) is 30.1 Å². The number of ether oxygens (including phenoxy) is 2. The lowest BCUT2D eigenvalue weighted by Crippen LogP contribution is -2.24. The molecule has 7 heteroatoms. The summed E-state index contributed by atoms with van der Waals surface area (Å²) < 4.78 is 10.9. The van der Waals surface area contributed by atoms with Crippen molar-refractivity contribution in [2.45, 2.75) is 13.0 Å². The van der Waals surface area contributed by atoms with Gasteiger partial charge in [0.25, 0.3) is 5.91 Å². The van der Waals surface area contributed by atoms with Gasteiger partial charge in [0, 0.05) is 22.9 Å². The van der Waals surface area contributed by atoms with Crippen molar-refractivity contribution >= 4 is 23.1 Å². The lowest BCUT2D eigenvalue weighted by molar-refractivity contribution is 0.0818. The first-order valence-corrected chi connectivity index (χ1v) is 9.26. The highest BCUT2D eigenvalue weighted by Crippen LogP contribution is 2.21. The number of nitrogens with one attached hydrogen (secondary N) is 2. The predicted octanol–water partition coefficient (Wildman–Crippen LogP) is 4.40. The Morgan fingerprint density at radius 2 is 1.53 bits per heavy atom. The molecule has 154 valence electrons. The standard InChI is InChI=1S/C23H22N2O5/c1-15(22(26)16-8-12-20(29-2)13-9-16)30-21-5-3-4-19(14-21)24-23(27)17-6-10-18(25-28)11-7-17/h3-15,25,28H,1-2H3,(H,24,27). The summed E-state index contributed by atoms with van der Waals surface area (Å²) in [6.45, 7) is 1.68. The highest BCUT2D eigenvalue weighted by molar-refractivity contribution is 6.04. The van der Waals surface area contributed by atoms with Crippen LogP contribution < -0.4 is 20.3 Å². The van der Waals surface area contributed by atoms with E-state index in [0.29, 0.717) is 34.0 Å². The number of amides is 1. The zero-order valence-corrected chi connectivity index (χ0v) is 16.6. The van der Waals surface area contributed by atoms with Crippen molar-refractivity contribution in [1.29, 1.82) is 0 Å². The molecule has 30 heavy (non-hydrogen) atoms. The second-order valence-corrected chi connectivity index (χ2v) is 6.52. The molecular weight excluding hydrogens is 384 g/mol. The minimum Gasteiger partial charge on any atom is -0.497 e. The van der Waals surface area contributed by atoms with Gasteiger partial charge in [-0.05, 0) is 67.6 Å². The number of carbonyl (C=O) groups excluding carboxylic acids is 2. The van der Waals surface area contributed by atoms with Crippen LogP contribution in [0.5, 0.6) is 11.5 Å². The fourth-order valence-corrected chi connectivity index (χ4v) is 2.79. The minimum absolute atomic E-state index is 0.162. The zero-order valence-electron chi connectivity index (χ0n) is 16.6. The largest absolute Gasteiger partial charge is 0.497 e. The van der Waals surface area contributed by atoms with Crippen LogP contribution in [0.25, 0.3) is 0 Å². The summed E-state index contributed by atoms with van der Waals surface area (Å²) in [5.74, 6) is 0.663. The number of rotatable bonds is 8. The van der Waals surface area contributed by atoms with Crippen LogP contribution in [-0.2, 0) is 0 Å². The molecule has 0 radical (unpaired) electrons. The predicted molar refractivity (Wildman–Crippen MR) is 114 cm³/mol. The fraction of sp³-hybridized carbons (Fsp3) is 0.130. The quantitative estimate of drug-likeness (QED) is 0.379. The van der Waals surface area contributed by atoms with E-state index in [1.165, 1.54) is 0 Å². The first-order valence-electron chi connectivity index (χ1n) is 9.26. The van der Waals surface area contributed by atoms with Crippen molar-refractivity contribution in [3.63, 3.8) is 0 Å². The molecular formula is C23H22N2O5. The Labute approximate surface area is 174 Å². The third kappa shape index (κ3) is 5.15. The van der Waals surface area contributed by atoms with E-state index in [-0.39, 0.29) is 11.7 Å². The van der Waals surface area contributed by atoms with Gasteiger partial charge >= 0.3 is 0 Å². The van der Waals surface area contributed by atoms with Crippen molar-refractivity contribution in [1.82, 2.24) is 0 Å². The molecule has 1 amide bonds. The number of hydrogen-bond acceptors (Lipinski definition) is 6. The van der Waals surface area contributed by atoms with Gasteiger partial charge in [0.05, 0.1) is 12.8 Å². The lowest BCUT2D eigenvalue weighted by atomic mass is 10.1. The second-order valence-electron chi connectivity index (χ2n) is 6.52. The summed E-state index contributed by atoms with van der Waals surface area (Å²) in [5, 5.41) is 11.6. The Balaban J connectivity index is 1.65. The maximum atomic E-state index is 12.6. The number of hydrogen-bond donors (Lipinski definition) is 3. The Morgan fingerprint density at radius 1 is 0.867 bits per heavy atom. The van der Waals surface area contributed by atoms with Gasteiger partial charge in [0.15, 0.2) is 6.10 Å². The summed E-state index contributed by atoms with van der Waals surface area (Å²) >= 11 is 0. The van der Waals surface area contributed by atoms with E-state index in [0.717, 1.165) is 0 Å². The van der Waals surface area contributed by atoms with Gasteiger partial charge in [0.2, 0.25) is 5.78 Å². The molecule has 0 aromatic heterocycles. The van der Waals surface area contributed by atoms with E-state index < -0.39 is 6.10 Å². The number of carbonyl (C=O) groups is 2. The van der Waals surface area contributed by atoms with Crippen molar-refractivity contribution in [3.05, 3.63) is 83.9 Å². The molecule has 0 fully saturated rings. The molecule has 0 bridgehead atoms. The van der Waals surface area contributed by atoms with Crippen molar-refractivity contribution in [2.75, 3.05) is 17.9 Å². The molecule has 0 aliphatic heterocycles. The maximum Gasteiger partial charge on any atom is 0.255 e. The number of benzene rings is 3. The fourth-order valence-electron chi connectivity index (χ4n) is 2.79. The summed E-state index contributed by atoms with van der Waals surface area (Å²) in [6, 6.07) is 20.0. The maximum absolute atomic E-state index is 12.6. The topological polar surface area (TPSA) is 96.9 Å². The molecule has 0 saturated carbocycles. The van der Waals surface area contributed by atoms with Crippen molar-refractivity contribution in [3.8, 4) is 11.5 Å². The van der Waals surface area contributed by atoms with Gasteiger partial charge in [-0.25, -0.2) is 0 Å². The molecule has 3 aromatic rings. The van der Waals surface area contributed by atoms with Gasteiger partial charge in [-0.1, -0.05) is 6.07 Å². The van der Waals surface area contributed by atoms with Crippen molar-refractivity contribution < 1.29 is 24.3 Å². The van der Waals surface area contributed by atoms with Crippen LogP contribution in [0, 0.1) is 0 Å². The van der Waals surface area contributed by atoms with Gasteiger partial charge in [-0.2, -0.15) is 0 Å². The molecule has 1 atom stereocenters. The molecule has 0 heterocycles. The monoisotopic (exact) mass is 406 g/mol. The Morgan fingerprint density at radius 3 is 2.17 bits per heavy atom. The van der Waals surface area contributed by atoms with Crippen LogP contribution in [0.3, 0.4) is 0 Å². The highest BCUT2D eigenvalue weighted by atomic mass is 16.5. The highest BCUT2D eigenvalue weighted by Gasteiger charge is 2.17. The molecule has 3 rings (SSSR count). The average Bonchev–Trinajstić information content (AvgIpc) is 2.79. The molecule has 0 aliphatic rings. The third-order valence-electron chi connectivity index (χ3n) is 4.42. The second kappa shape index (κ2) is 9.58. The minimum atomic E-state index is -0.706. The number of anilines is 2. The van der Waals surface area contributed by atoms with Crippen LogP contribution >= 0.6 is 0 Å². The lowest BCUT2D eigenvalue weighted by Gasteiger charge is -2.15. The Kier molecular flexibility index (Phi) is 6.67. The number of Topliss-reactive ketones (excluding diaryl/α,β-unsaturated/α-hetero) is 1. The summed E-state index contributed by atoms with van der Waals surface area (Å²) in [4.78, 5) is 25.0. The van der Waals surface area contributed by atoms with Gasteiger partial charge in [-0.3, -0.25) is 20.3 Å². The van der Waals surface area contributed by atoms with E-state index >= 15 is 0 Å². The first kappa shape index (κ1) is 20.9. The molecule has 7 nitrogen and oxygen atoms in total. The average molecular weight is 406 g/mol. The van der Waals surface area contributed by atoms with Crippen LogP contribution in [0.15, 0.2) is 72.8 Å². The van der Waals surface area contributed by atoms with E-state index in [1.807, 2.05) is 5.48 Å². The van der Waals surface area contributed by atoms with E-state index in [1.54, 1.807) is 86.8 Å². The van der Waals surface area contributed by atoms with Gasteiger partial charge in [-0.15, -0.1) is 0 Å².